The molecule has 2 amide bonds. The van der Waals surface area contributed by atoms with Crippen molar-refractivity contribution in [1.82, 2.24) is 10.6 Å². The van der Waals surface area contributed by atoms with Crippen molar-refractivity contribution in [2.45, 2.75) is 38.8 Å². The summed E-state index contributed by atoms with van der Waals surface area (Å²) < 4.78 is 5.16. The van der Waals surface area contributed by atoms with Gasteiger partial charge in [0, 0.05) is 0 Å². The van der Waals surface area contributed by atoms with Crippen LogP contribution in [0.5, 0.6) is 0 Å². The summed E-state index contributed by atoms with van der Waals surface area (Å²) >= 11 is 0. The van der Waals surface area contributed by atoms with Gasteiger partial charge in [-0.15, -0.1) is 0 Å². The first-order chi connectivity index (χ1) is 11.1. The maximum atomic E-state index is 12.4. The zero-order valence-electron chi connectivity index (χ0n) is 13.4. The normalized spacial score (nSPS) is 13.1. The molecule has 0 saturated heterocycles. The number of hydrogen-bond donors (Lipinski definition) is 2. The van der Waals surface area contributed by atoms with Gasteiger partial charge in [0.2, 0.25) is 11.8 Å². The van der Waals surface area contributed by atoms with Crippen molar-refractivity contribution in [3.8, 4) is 0 Å². The third kappa shape index (κ3) is 4.71. The van der Waals surface area contributed by atoms with Gasteiger partial charge in [-0.2, -0.15) is 0 Å². The Morgan fingerprint density at radius 3 is 2.43 bits per heavy atom. The number of amides is 2. The lowest BCUT2D eigenvalue weighted by Gasteiger charge is -2.19. The molecule has 1 aromatic carbocycles. The number of furan rings is 1. The summed E-state index contributed by atoms with van der Waals surface area (Å²) in [6.45, 7) is 3.94. The highest BCUT2D eigenvalue weighted by Gasteiger charge is 2.22. The van der Waals surface area contributed by atoms with Crippen LogP contribution in [0.3, 0.4) is 0 Å². The quantitative estimate of drug-likeness (QED) is 0.825. The first kappa shape index (κ1) is 16.8. The van der Waals surface area contributed by atoms with E-state index in [4.69, 9.17) is 4.42 Å². The maximum Gasteiger partial charge on any atom is 0.242 e. The predicted octanol–water partition coefficient (Wildman–Crippen LogP) is 2.59. The van der Waals surface area contributed by atoms with Crippen molar-refractivity contribution in [1.29, 1.82) is 0 Å². The van der Waals surface area contributed by atoms with E-state index in [1.54, 1.807) is 25.3 Å². The highest BCUT2D eigenvalue weighted by molar-refractivity contribution is 5.90. The highest BCUT2D eigenvalue weighted by Crippen LogP contribution is 2.19. The highest BCUT2D eigenvalue weighted by atomic mass is 16.3. The van der Waals surface area contributed by atoms with E-state index in [-0.39, 0.29) is 17.7 Å². The molecule has 1 heterocycles. The molecule has 0 aliphatic heterocycles. The molecule has 1 aromatic heterocycles. The van der Waals surface area contributed by atoms with E-state index < -0.39 is 6.04 Å². The Morgan fingerprint density at radius 2 is 1.83 bits per heavy atom. The monoisotopic (exact) mass is 314 g/mol. The van der Waals surface area contributed by atoms with Crippen LogP contribution in [0, 0.1) is 0 Å². The number of hydrogen-bond acceptors (Lipinski definition) is 3. The fourth-order valence-electron chi connectivity index (χ4n) is 2.38. The van der Waals surface area contributed by atoms with Gasteiger partial charge in [0.15, 0.2) is 0 Å². The van der Waals surface area contributed by atoms with Crippen molar-refractivity contribution >= 4 is 11.8 Å². The molecule has 0 fully saturated rings. The Morgan fingerprint density at radius 1 is 1.09 bits per heavy atom. The summed E-state index contributed by atoms with van der Waals surface area (Å²) in [4.78, 5) is 24.5. The summed E-state index contributed by atoms with van der Waals surface area (Å²) in [5, 5.41) is 5.52. The van der Waals surface area contributed by atoms with E-state index in [1.807, 2.05) is 37.3 Å². The molecule has 0 bridgehead atoms. The molecule has 0 spiro atoms. The van der Waals surface area contributed by atoms with Gasteiger partial charge in [0.25, 0.3) is 0 Å². The van der Waals surface area contributed by atoms with Crippen LogP contribution in [0.1, 0.15) is 37.5 Å². The van der Waals surface area contributed by atoms with E-state index in [2.05, 4.69) is 10.6 Å². The molecule has 5 heteroatoms. The predicted molar refractivity (Wildman–Crippen MR) is 87.6 cm³/mol. The minimum atomic E-state index is -0.602. The Labute approximate surface area is 136 Å². The summed E-state index contributed by atoms with van der Waals surface area (Å²) in [6, 6.07) is 12.5. The van der Waals surface area contributed by atoms with Crippen LogP contribution < -0.4 is 10.6 Å². The lowest BCUT2D eigenvalue weighted by atomic mass is 9.95. The molecule has 0 aliphatic rings. The molecule has 0 aliphatic carbocycles. The Balaban J connectivity index is 1.88. The van der Waals surface area contributed by atoms with Gasteiger partial charge in [-0.05, 0) is 31.0 Å². The maximum absolute atomic E-state index is 12.4. The summed E-state index contributed by atoms with van der Waals surface area (Å²) in [6.07, 6.45) is 2.23. The van der Waals surface area contributed by atoms with Crippen LogP contribution in [-0.4, -0.2) is 17.9 Å². The SMILES string of the molecule is CC[C@@H](C(=O)N[C@@H](C)C(=O)NCc1ccco1)c1ccccc1. The molecular formula is C18H22N2O3. The smallest absolute Gasteiger partial charge is 0.242 e. The zero-order valence-corrected chi connectivity index (χ0v) is 13.4. The van der Waals surface area contributed by atoms with Crippen molar-refractivity contribution in [3.05, 3.63) is 60.1 Å². The fraction of sp³-hybridized carbons (Fsp3) is 0.333. The van der Waals surface area contributed by atoms with Gasteiger partial charge in [0.1, 0.15) is 11.8 Å². The van der Waals surface area contributed by atoms with Gasteiger partial charge >= 0.3 is 0 Å². The first-order valence-electron chi connectivity index (χ1n) is 7.77. The Bertz CT molecular complexity index is 623. The second kappa shape index (κ2) is 8.17. The number of nitrogens with one attached hydrogen (secondary N) is 2. The van der Waals surface area contributed by atoms with Crippen LogP contribution in [-0.2, 0) is 16.1 Å². The zero-order chi connectivity index (χ0) is 16.7. The van der Waals surface area contributed by atoms with Crippen molar-refractivity contribution in [2.24, 2.45) is 0 Å². The average molecular weight is 314 g/mol. The van der Waals surface area contributed by atoms with E-state index in [0.717, 1.165) is 5.56 Å². The van der Waals surface area contributed by atoms with E-state index in [9.17, 15) is 9.59 Å². The molecule has 5 nitrogen and oxygen atoms in total. The summed E-state index contributed by atoms with van der Waals surface area (Å²) in [5.41, 5.74) is 0.954. The number of carbonyl (C=O) groups excluding carboxylic acids is 2. The lowest BCUT2D eigenvalue weighted by Crippen LogP contribution is -2.46. The average Bonchev–Trinajstić information content (AvgIpc) is 3.07. The van der Waals surface area contributed by atoms with Crippen molar-refractivity contribution in [3.63, 3.8) is 0 Å². The Kier molecular flexibility index (Phi) is 5.97. The molecule has 23 heavy (non-hydrogen) atoms. The minimum absolute atomic E-state index is 0.139. The number of benzene rings is 1. The Hall–Kier alpha value is -2.56. The standard InChI is InChI=1S/C18H22N2O3/c1-3-16(14-8-5-4-6-9-14)18(22)20-13(2)17(21)19-12-15-10-7-11-23-15/h4-11,13,16H,3,12H2,1-2H3,(H,19,21)(H,20,22)/t13-,16+/m0/s1. The van der Waals surface area contributed by atoms with Crippen LogP contribution in [0.2, 0.25) is 0 Å². The number of rotatable bonds is 7. The van der Waals surface area contributed by atoms with Crippen molar-refractivity contribution < 1.29 is 14.0 Å². The minimum Gasteiger partial charge on any atom is -0.467 e. The molecule has 0 saturated carbocycles. The second-order valence-electron chi connectivity index (χ2n) is 5.40. The van der Waals surface area contributed by atoms with E-state index >= 15 is 0 Å². The van der Waals surface area contributed by atoms with Gasteiger partial charge < -0.3 is 15.1 Å². The molecular weight excluding hydrogens is 292 g/mol. The van der Waals surface area contributed by atoms with E-state index in [0.29, 0.717) is 18.7 Å². The first-order valence-corrected chi connectivity index (χ1v) is 7.77. The molecule has 0 unspecified atom stereocenters. The van der Waals surface area contributed by atoms with Crippen molar-refractivity contribution in [2.75, 3.05) is 0 Å². The fourth-order valence-corrected chi connectivity index (χ4v) is 2.38. The van der Waals surface area contributed by atoms with Crippen LogP contribution in [0.25, 0.3) is 0 Å². The van der Waals surface area contributed by atoms with Gasteiger partial charge in [-0.3, -0.25) is 9.59 Å². The molecule has 2 atom stereocenters. The largest absolute Gasteiger partial charge is 0.467 e. The molecule has 0 radical (unpaired) electrons. The van der Waals surface area contributed by atoms with Crippen LogP contribution >= 0.6 is 0 Å². The van der Waals surface area contributed by atoms with Gasteiger partial charge in [-0.1, -0.05) is 37.3 Å². The third-order valence-corrected chi connectivity index (χ3v) is 3.70. The van der Waals surface area contributed by atoms with E-state index in [1.165, 1.54) is 0 Å². The molecule has 2 N–H and O–H groups in total. The lowest BCUT2D eigenvalue weighted by molar-refractivity contribution is -0.129. The third-order valence-electron chi connectivity index (χ3n) is 3.70. The topological polar surface area (TPSA) is 71.3 Å². The van der Waals surface area contributed by atoms with Crippen LogP contribution in [0.15, 0.2) is 53.1 Å². The summed E-state index contributed by atoms with van der Waals surface area (Å²) in [5.74, 6) is 0.0427. The van der Waals surface area contributed by atoms with Gasteiger partial charge in [-0.25, -0.2) is 0 Å². The van der Waals surface area contributed by atoms with Crippen LogP contribution in [0.4, 0.5) is 0 Å². The summed E-state index contributed by atoms with van der Waals surface area (Å²) in [7, 11) is 0. The molecule has 2 rings (SSSR count). The number of carbonyl (C=O) groups is 2. The second-order valence-corrected chi connectivity index (χ2v) is 5.40. The molecule has 122 valence electrons. The van der Waals surface area contributed by atoms with Gasteiger partial charge in [0.05, 0.1) is 18.7 Å². The molecule has 2 aromatic rings.